The summed E-state index contributed by atoms with van der Waals surface area (Å²) in [5.41, 5.74) is 2.43. The number of nitriles is 1. The molecule has 2 aromatic carbocycles. The van der Waals surface area contributed by atoms with Crippen molar-refractivity contribution in [2.45, 2.75) is 19.3 Å². The maximum atomic E-state index is 12.2. The van der Waals surface area contributed by atoms with E-state index in [1.54, 1.807) is 29.2 Å². The third-order valence-electron chi connectivity index (χ3n) is 4.13. The number of anilines is 2. The summed E-state index contributed by atoms with van der Waals surface area (Å²) in [5, 5.41) is 11.3. The van der Waals surface area contributed by atoms with Gasteiger partial charge in [0.2, 0.25) is 11.8 Å². The quantitative estimate of drug-likeness (QED) is 0.869. The Balaban J connectivity index is 1.54. The van der Waals surface area contributed by atoms with E-state index in [1.807, 2.05) is 30.3 Å². The molecule has 0 bridgehead atoms. The Hall–Kier alpha value is -3.33. The molecular formula is C20H19N3O3. The SMILES string of the molecule is N#CCOc1ccc(NC(=O)Cc2ccc(N3CCCC3=O)cc2)cc1. The van der Waals surface area contributed by atoms with Gasteiger partial charge in [0.15, 0.2) is 6.61 Å². The summed E-state index contributed by atoms with van der Waals surface area (Å²) >= 11 is 0. The van der Waals surface area contributed by atoms with Crippen LogP contribution in [0.2, 0.25) is 0 Å². The lowest BCUT2D eigenvalue weighted by atomic mass is 10.1. The van der Waals surface area contributed by atoms with E-state index in [0.29, 0.717) is 17.9 Å². The lowest BCUT2D eigenvalue weighted by molar-refractivity contribution is -0.117. The molecule has 0 spiro atoms. The topological polar surface area (TPSA) is 82.4 Å². The third kappa shape index (κ3) is 4.39. The first kappa shape index (κ1) is 17.5. The van der Waals surface area contributed by atoms with Gasteiger partial charge >= 0.3 is 0 Å². The van der Waals surface area contributed by atoms with Gasteiger partial charge in [-0.15, -0.1) is 0 Å². The van der Waals surface area contributed by atoms with Crippen LogP contribution < -0.4 is 15.0 Å². The second-order valence-corrected chi connectivity index (χ2v) is 6.01. The molecule has 2 aromatic rings. The fourth-order valence-electron chi connectivity index (χ4n) is 2.86. The molecule has 0 aliphatic carbocycles. The van der Waals surface area contributed by atoms with Crippen LogP contribution in [0.1, 0.15) is 18.4 Å². The Bertz CT molecular complexity index is 823. The van der Waals surface area contributed by atoms with E-state index >= 15 is 0 Å². The largest absolute Gasteiger partial charge is 0.479 e. The number of benzene rings is 2. The molecule has 0 unspecified atom stereocenters. The van der Waals surface area contributed by atoms with E-state index in [0.717, 1.165) is 24.2 Å². The highest BCUT2D eigenvalue weighted by Gasteiger charge is 2.21. The summed E-state index contributed by atoms with van der Waals surface area (Å²) in [5.74, 6) is 0.606. The summed E-state index contributed by atoms with van der Waals surface area (Å²) in [4.78, 5) is 25.7. The number of nitrogens with one attached hydrogen (secondary N) is 1. The molecule has 0 aromatic heterocycles. The molecule has 26 heavy (non-hydrogen) atoms. The third-order valence-corrected chi connectivity index (χ3v) is 4.13. The molecule has 1 N–H and O–H groups in total. The van der Waals surface area contributed by atoms with Crippen LogP contribution in [-0.4, -0.2) is 25.0 Å². The zero-order valence-corrected chi connectivity index (χ0v) is 14.3. The molecule has 6 nitrogen and oxygen atoms in total. The molecule has 132 valence electrons. The number of hydrogen-bond acceptors (Lipinski definition) is 4. The molecule has 2 amide bonds. The van der Waals surface area contributed by atoms with E-state index < -0.39 is 0 Å². The van der Waals surface area contributed by atoms with Gasteiger partial charge in [-0.25, -0.2) is 0 Å². The van der Waals surface area contributed by atoms with E-state index in [-0.39, 0.29) is 24.8 Å². The molecule has 6 heteroatoms. The maximum absolute atomic E-state index is 12.2. The predicted octanol–water partition coefficient (Wildman–Crippen LogP) is 2.90. The molecule has 3 rings (SSSR count). The van der Waals surface area contributed by atoms with Gasteiger partial charge in [0.1, 0.15) is 11.8 Å². The number of rotatable bonds is 6. The van der Waals surface area contributed by atoms with Gasteiger partial charge in [0.05, 0.1) is 6.42 Å². The fourth-order valence-corrected chi connectivity index (χ4v) is 2.86. The lowest BCUT2D eigenvalue weighted by Crippen LogP contribution is -2.23. The number of carbonyl (C=O) groups excluding carboxylic acids is 2. The van der Waals surface area contributed by atoms with Crippen LogP contribution in [0.4, 0.5) is 11.4 Å². The minimum atomic E-state index is -0.124. The molecule has 0 saturated carbocycles. The van der Waals surface area contributed by atoms with Crippen molar-refractivity contribution in [2.75, 3.05) is 23.4 Å². The smallest absolute Gasteiger partial charge is 0.228 e. The highest BCUT2D eigenvalue weighted by molar-refractivity contribution is 5.95. The molecule has 0 radical (unpaired) electrons. The van der Waals surface area contributed by atoms with Gasteiger partial charge in [-0.05, 0) is 48.4 Å². The highest BCUT2D eigenvalue weighted by Crippen LogP contribution is 2.22. The van der Waals surface area contributed by atoms with Crippen molar-refractivity contribution < 1.29 is 14.3 Å². The minimum absolute atomic E-state index is 0.00920. The van der Waals surface area contributed by atoms with Gasteiger partial charge in [0, 0.05) is 24.3 Å². The Labute approximate surface area is 152 Å². The summed E-state index contributed by atoms with van der Waals surface area (Å²) in [6.07, 6.45) is 1.74. The molecule has 1 saturated heterocycles. The van der Waals surface area contributed by atoms with Crippen LogP contribution in [0.15, 0.2) is 48.5 Å². The van der Waals surface area contributed by atoms with Gasteiger partial charge < -0.3 is 15.0 Å². The molecule has 1 aliphatic rings. The van der Waals surface area contributed by atoms with Crippen molar-refractivity contribution in [3.05, 3.63) is 54.1 Å². The molecular weight excluding hydrogens is 330 g/mol. The van der Waals surface area contributed by atoms with Crippen molar-refractivity contribution in [3.63, 3.8) is 0 Å². The first-order chi connectivity index (χ1) is 12.7. The molecule has 1 fully saturated rings. The number of ether oxygens (including phenoxy) is 1. The number of carbonyl (C=O) groups is 2. The number of amides is 2. The second kappa shape index (κ2) is 8.17. The van der Waals surface area contributed by atoms with Crippen molar-refractivity contribution in [1.82, 2.24) is 0 Å². The van der Waals surface area contributed by atoms with Crippen LogP contribution in [-0.2, 0) is 16.0 Å². The summed E-state index contributed by atoms with van der Waals surface area (Å²) in [6.45, 7) is 0.747. The van der Waals surface area contributed by atoms with Crippen LogP contribution in [0.5, 0.6) is 5.75 Å². The molecule has 1 aliphatic heterocycles. The Kier molecular flexibility index (Phi) is 5.49. The normalized spacial score (nSPS) is 13.3. The first-order valence-electron chi connectivity index (χ1n) is 8.45. The van der Waals surface area contributed by atoms with Crippen LogP contribution in [0.3, 0.4) is 0 Å². The first-order valence-corrected chi connectivity index (χ1v) is 8.45. The van der Waals surface area contributed by atoms with E-state index in [4.69, 9.17) is 10.00 Å². The maximum Gasteiger partial charge on any atom is 0.228 e. The van der Waals surface area contributed by atoms with Crippen molar-refractivity contribution in [2.24, 2.45) is 0 Å². The Morgan fingerprint density at radius 3 is 2.50 bits per heavy atom. The zero-order chi connectivity index (χ0) is 18.4. The molecule has 0 atom stereocenters. The zero-order valence-electron chi connectivity index (χ0n) is 14.3. The number of nitrogens with zero attached hydrogens (tertiary/aromatic N) is 2. The predicted molar refractivity (Wildman–Crippen MR) is 97.9 cm³/mol. The monoisotopic (exact) mass is 349 g/mol. The van der Waals surface area contributed by atoms with Crippen LogP contribution >= 0.6 is 0 Å². The molecule has 1 heterocycles. The van der Waals surface area contributed by atoms with Crippen LogP contribution in [0.25, 0.3) is 0 Å². The average Bonchev–Trinajstić information content (AvgIpc) is 3.08. The lowest BCUT2D eigenvalue weighted by Gasteiger charge is -2.15. The van der Waals surface area contributed by atoms with Gasteiger partial charge in [-0.1, -0.05) is 12.1 Å². The van der Waals surface area contributed by atoms with E-state index in [9.17, 15) is 9.59 Å². The summed E-state index contributed by atoms with van der Waals surface area (Å²) in [7, 11) is 0. The van der Waals surface area contributed by atoms with Gasteiger partial charge in [-0.3, -0.25) is 9.59 Å². The summed E-state index contributed by atoms with van der Waals surface area (Å²) < 4.78 is 5.17. The Morgan fingerprint density at radius 2 is 1.88 bits per heavy atom. The van der Waals surface area contributed by atoms with Crippen molar-refractivity contribution in [3.8, 4) is 11.8 Å². The van der Waals surface area contributed by atoms with Crippen molar-refractivity contribution in [1.29, 1.82) is 5.26 Å². The standard InChI is InChI=1S/C20H19N3O3/c21-11-13-26-18-9-5-16(6-10-18)22-19(24)14-15-3-7-17(8-4-15)23-12-1-2-20(23)25/h3-10H,1-2,12-14H2,(H,22,24). The minimum Gasteiger partial charge on any atom is -0.479 e. The van der Waals surface area contributed by atoms with E-state index in [2.05, 4.69) is 5.32 Å². The van der Waals surface area contributed by atoms with Crippen molar-refractivity contribution >= 4 is 23.2 Å². The second-order valence-electron chi connectivity index (χ2n) is 6.01. The van der Waals surface area contributed by atoms with Gasteiger partial charge in [0.25, 0.3) is 0 Å². The number of hydrogen-bond donors (Lipinski definition) is 1. The fraction of sp³-hybridized carbons (Fsp3) is 0.250. The Morgan fingerprint density at radius 1 is 1.15 bits per heavy atom. The van der Waals surface area contributed by atoms with Crippen LogP contribution in [0, 0.1) is 11.3 Å². The van der Waals surface area contributed by atoms with Gasteiger partial charge in [-0.2, -0.15) is 5.26 Å². The van der Waals surface area contributed by atoms with E-state index in [1.165, 1.54) is 0 Å². The average molecular weight is 349 g/mol. The highest BCUT2D eigenvalue weighted by atomic mass is 16.5. The summed E-state index contributed by atoms with van der Waals surface area (Å²) in [6, 6.07) is 16.3.